The number of nitrogens with zero attached hydrogens (tertiary/aromatic N) is 2. The third-order valence-electron chi connectivity index (χ3n) is 3.62. The number of benzene rings is 2. The van der Waals surface area contributed by atoms with Gasteiger partial charge in [-0.1, -0.05) is 30.3 Å². The molecule has 0 unspecified atom stereocenters. The molecule has 1 heterocycles. The van der Waals surface area contributed by atoms with Crippen molar-refractivity contribution in [1.29, 1.82) is 0 Å². The van der Waals surface area contributed by atoms with Crippen molar-refractivity contribution >= 4 is 17.4 Å². The van der Waals surface area contributed by atoms with Crippen LogP contribution in [0.25, 0.3) is 0 Å². The van der Waals surface area contributed by atoms with Gasteiger partial charge in [-0.15, -0.1) is 0 Å². The summed E-state index contributed by atoms with van der Waals surface area (Å²) in [5, 5.41) is 5.96. The first-order valence-corrected chi connectivity index (χ1v) is 8.38. The molecule has 0 aliphatic carbocycles. The summed E-state index contributed by atoms with van der Waals surface area (Å²) in [4.78, 5) is 20.7. The van der Waals surface area contributed by atoms with Crippen LogP contribution in [-0.4, -0.2) is 22.5 Å². The molecule has 2 N–H and O–H groups in total. The third kappa shape index (κ3) is 4.80. The number of hydrogen-bond acceptors (Lipinski definition) is 5. The topological polar surface area (TPSA) is 76.1 Å². The monoisotopic (exact) mass is 348 g/mol. The summed E-state index contributed by atoms with van der Waals surface area (Å²) >= 11 is 0. The van der Waals surface area contributed by atoms with Crippen molar-refractivity contribution in [3.63, 3.8) is 0 Å². The zero-order valence-electron chi connectivity index (χ0n) is 14.5. The van der Waals surface area contributed by atoms with Gasteiger partial charge in [-0.2, -0.15) is 0 Å². The Hall–Kier alpha value is -3.41. The Morgan fingerprint density at radius 2 is 1.77 bits per heavy atom. The zero-order chi connectivity index (χ0) is 18.2. The van der Waals surface area contributed by atoms with Gasteiger partial charge >= 0.3 is 0 Å². The molecule has 0 aliphatic heterocycles. The van der Waals surface area contributed by atoms with Crippen LogP contribution in [-0.2, 0) is 6.54 Å². The molecule has 0 bridgehead atoms. The van der Waals surface area contributed by atoms with Gasteiger partial charge in [0.15, 0.2) is 0 Å². The maximum absolute atomic E-state index is 12.3. The van der Waals surface area contributed by atoms with Crippen LogP contribution in [0.15, 0.2) is 67.0 Å². The van der Waals surface area contributed by atoms with Gasteiger partial charge in [-0.3, -0.25) is 4.79 Å². The van der Waals surface area contributed by atoms with E-state index in [2.05, 4.69) is 20.6 Å². The van der Waals surface area contributed by atoms with E-state index in [9.17, 15) is 4.79 Å². The van der Waals surface area contributed by atoms with Crippen LogP contribution >= 0.6 is 0 Å². The number of carbonyl (C=O) groups excluding carboxylic acids is 1. The normalized spacial score (nSPS) is 10.2. The molecule has 132 valence electrons. The Labute approximate surface area is 152 Å². The van der Waals surface area contributed by atoms with E-state index >= 15 is 0 Å². The first-order chi connectivity index (χ1) is 12.7. The minimum atomic E-state index is -0.309. The Bertz CT molecular complexity index is 834. The van der Waals surface area contributed by atoms with Crippen molar-refractivity contribution in [2.24, 2.45) is 0 Å². The largest absolute Gasteiger partial charge is 0.494 e. The minimum Gasteiger partial charge on any atom is -0.494 e. The van der Waals surface area contributed by atoms with Gasteiger partial charge in [0.05, 0.1) is 19.0 Å². The second kappa shape index (κ2) is 8.62. The van der Waals surface area contributed by atoms with Crippen LogP contribution in [0.2, 0.25) is 0 Å². The molecule has 0 saturated heterocycles. The highest BCUT2D eigenvalue weighted by molar-refractivity contribution is 6.02. The van der Waals surface area contributed by atoms with Gasteiger partial charge in [-0.05, 0) is 36.8 Å². The number of carbonyl (C=O) groups is 1. The van der Waals surface area contributed by atoms with E-state index < -0.39 is 0 Å². The molecule has 0 radical (unpaired) electrons. The standard InChI is InChI=1S/C20H20N4O2/c1-2-26-17-10-8-16(9-11-17)24-20(25)18-13-23-19(14-21-18)22-12-15-6-4-3-5-7-15/h3-11,13-14H,2,12H2,1H3,(H,22,23)(H,24,25). The van der Waals surface area contributed by atoms with E-state index in [1.807, 2.05) is 37.3 Å². The maximum Gasteiger partial charge on any atom is 0.275 e. The van der Waals surface area contributed by atoms with Gasteiger partial charge in [0.25, 0.3) is 5.91 Å². The molecule has 0 fully saturated rings. The van der Waals surface area contributed by atoms with Crippen molar-refractivity contribution in [1.82, 2.24) is 9.97 Å². The number of amides is 1. The summed E-state index contributed by atoms with van der Waals surface area (Å²) in [5.41, 5.74) is 2.07. The summed E-state index contributed by atoms with van der Waals surface area (Å²) < 4.78 is 5.38. The highest BCUT2D eigenvalue weighted by Gasteiger charge is 2.08. The lowest BCUT2D eigenvalue weighted by Gasteiger charge is -2.08. The molecule has 6 nitrogen and oxygen atoms in total. The van der Waals surface area contributed by atoms with Crippen molar-refractivity contribution in [3.8, 4) is 5.75 Å². The molecule has 3 aromatic rings. The Kier molecular flexibility index (Phi) is 5.77. The van der Waals surface area contributed by atoms with Crippen LogP contribution in [0.3, 0.4) is 0 Å². The molecular weight excluding hydrogens is 328 g/mol. The highest BCUT2D eigenvalue weighted by atomic mass is 16.5. The lowest BCUT2D eigenvalue weighted by molar-refractivity contribution is 0.102. The fourth-order valence-corrected chi connectivity index (χ4v) is 2.32. The number of hydrogen-bond donors (Lipinski definition) is 2. The summed E-state index contributed by atoms with van der Waals surface area (Å²) in [5.74, 6) is 1.07. The molecule has 0 spiro atoms. The van der Waals surface area contributed by atoms with Gasteiger partial charge < -0.3 is 15.4 Å². The van der Waals surface area contributed by atoms with Crippen LogP contribution in [0.1, 0.15) is 23.0 Å². The number of anilines is 2. The number of aromatic nitrogens is 2. The summed E-state index contributed by atoms with van der Waals surface area (Å²) in [7, 11) is 0. The molecular formula is C20H20N4O2. The Morgan fingerprint density at radius 1 is 1.00 bits per heavy atom. The fourth-order valence-electron chi connectivity index (χ4n) is 2.32. The summed E-state index contributed by atoms with van der Waals surface area (Å²) in [6.45, 7) is 3.17. The average molecular weight is 348 g/mol. The first kappa shape index (κ1) is 17.4. The lowest BCUT2D eigenvalue weighted by atomic mass is 10.2. The van der Waals surface area contributed by atoms with E-state index in [0.717, 1.165) is 11.3 Å². The van der Waals surface area contributed by atoms with Crippen LogP contribution in [0, 0.1) is 0 Å². The second-order valence-corrected chi connectivity index (χ2v) is 5.54. The van der Waals surface area contributed by atoms with Gasteiger partial charge in [0, 0.05) is 12.2 Å². The van der Waals surface area contributed by atoms with Crippen molar-refractivity contribution in [2.75, 3.05) is 17.2 Å². The number of nitrogens with one attached hydrogen (secondary N) is 2. The van der Waals surface area contributed by atoms with E-state index in [0.29, 0.717) is 24.7 Å². The fraction of sp³-hybridized carbons (Fsp3) is 0.150. The SMILES string of the molecule is CCOc1ccc(NC(=O)c2cnc(NCc3ccccc3)cn2)cc1. The first-order valence-electron chi connectivity index (χ1n) is 8.38. The molecule has 0 atom stereocenters. The van der Waals surface area contributed by atoms with Crippen molar-refractivity contribution < 1.29 is 9.53 Å². The molecule has 0 saturated carbocycles. The van der Waals surface area contributed by atoms with Crippen LogP contribution in [0.4, 0.5) is 11.5 Å². The molecule has 1 amide bonds. The van der Waals surface area contributed by atoms with Crippen LogP contribution in [0.5, 0.6) is 5.75 Å². The molecule has 6 heteroatoms. The van der Waals surface area contributed by atoms with Gasteiger partial charge in [0.1, 0.15) is 17.3 Å². The van der Waals surface area contributed by atoms with E-state index in [4.69, 9.17) is 4.74 Å². The average Bonchev–Trinajstić information content (AvgIpc) is 2.69. The van der Waals surface area contributed by atoms with Crippen LogP contribution < -0.4 is 15.4 Å². The minimum absolute atomic E-state index is 0.254. The third-order valence-corrected chi connectivity index (χ3v) is 3.62. The quantitative estimate of drug-likeness (QED) is 0.680. The zero-order valence-corrected chi connectivity index (χ0v) is 14.5. The maximum atomic E-state index is 12.3. The second-order valence-electron chi connectivity index (χ2n) is 5.54. The van der Waals surface area contributed by atoms with Crippen molar-refractivity contribution in [3.05, 3.63) is 78.2 Å². The van der Waals surface area contributed by atoms with E-state index in [1.54, 1.807) is 30.5 Å². The summed E-state index contributed by atoms with van der Waals surface area (Å²) in [6.07, 6.45) is 3.01. The highest BCUT2D eigenvalue weighted by Crippen LogP contribution is 2.16. The lowest BCUT2D eigenvalue weighted by Crippen LogP contribution is -2.14. The van der Waals surface area contributed by atoms with Gasteiger partial charge in [-0.25, -0.2) is 9.97 Å². The van der Waals surface area contributed by atoms with Gasteiger partial charge in [0.2, 0.25) is 0 Å². The van der Waals surface area contributed by atoms with Crippen molar-refractivity contribution in [2.45, 2.75) is 13.5 Å². The Morgan fingerprint density at radius 3 is 2.42 bits per heavy atom. The molecule has 0 aliphatic rings. The van der Waals surface area contributed by atoms with E-state index in [1.165, 1.54) is 6.20 Å². The molecule has 3 rings (SSSR count). The smallest absolute Gasteiger partial charge is 0.275 e. The molecule has 1 aromatic heterocycles. The molecule has 26 heavy (non-hydrogen) atoms. The number of ether oxygens (including phenoxy) is 1. The predicted octanol–water partition coefficient (Wildman–Crippen LogP) is 3.74. The predicted molar refractivity (Wildman–Crippen MR) is 101 cm³/mol. The summed E-state index contributed by atoms with van der Waals surface area (Å²) in [6, 6.07) is 17.2. The Balaban J connectivity index is 1.56. The molecule has 2 aromatic carbocycles. The number of rotatable bonds is 7. The van der Waals surface area contributed by atoms with E-state index in [-0.39, 0.29) is 11.6 Å².